The lowest BCUT2D eigenvalue weighted by atomic mass is 10.2. The van der Waals surface area contributed by atoms with Crippen LogP contribution in [0.5, 0.6) is 0 Å². The number of anilines is 1. The summed E-state index contributed by atoms with van der Waals surface area (Å²) in [6.45, 7) is 3.05. The number of hydrogen-bond donors (Lipinski definition) is 2. The van der Waals surface area contributed by atoms with E-state index in [4.69, 9.17) is 5.73 Å². The molecular formula is C18H22N6S. The largest absolute Gasteiger partial charge is 0.382 e. The predicted molar refractivity (Wildman–Crippen MR) is 102 cm³/mol. The van der Waals surface area contributed by atoms with Crippen LogP contribution in [-0.2, 0) is 12.3 Å². The molecule has 130 valence electrons. The monoisotopic (exact) mass is 354 g/mol. The lowest BCUT2D eigenvalue weighted by molar-refractivity contribution is 0.318. The summed E-state index contributed by atoms with van der Waals surface area (Å²) < 4.78 is 0. The zero-order valence-electron chi connectivity index (χ0n) is 14.1. The van der Waals surface area contributed by atoms with Crippen LogP contribution in [0.1, 0.15) is 17.7 Å². The van der Waals surface area contributed by atoms with Gasteiger partial charge in [-0.1, -0.05) is 30.3 Å². The lowest BCUT2D eigenvalue weighted by Gasteiger charge is -2.14. The van der Waals surface area contributed by atoms with Gasteiger partial charge >= 0.3 is 0 Å². The molecule has 1 saturated heterocycles. The number of nitrogen functional groups attached to an aromatic ring is 1. The summed E-state index contributed by atoms with van der Waals surface area (Å²) in [7, 11) is 0. The van der Waals surface area contributed by atoms with Gasteiger partial charge in [-0.25, -0.2) is 9.97 Å². The van der Waals surface area contributed by atoms with E-state index in [1.807, 2.05) is 11.8 Å². The van der Waals surface area contributed by atoms with Crippen LogP contribution >= 0.6 is 11.8 Å². The number of nitrogens with two attached hydrogens (primary N) is 1. The molecule has 25 heavy (non-hydrogen) atoms. The minimum Gasteiger partial charge on any atom is -0.382 e. The molecule has 4 rings (SSSR count). The number of thioether (sulfide) groups is 1. The van der Waals surface area contributed by atoms with Crippen molar-refractivity contribution >= 4 is 28.6 Å². The van der Waals surface area contributed by atoms with Gasteiger partial charge in [-0.15, -0.1) is 0 Å². The average Bonchev–Trinajstić information content (AvgIpc) is 3.25. The van der Waals surface area contributed by atoms with Crippen LogP contribution in [0.4, 0.5) is 5.82 Å². The summed E-state index contributed by atoms with van der Waals surface area (Å²) in [5.41, 5.74) is 9.81. The average molecular weight is 354 g/mol. The number of nitrogens with zero attached hydrogens (tertiary/aromatic N) is 4. The number of benzene rings is 1. The second kappa shape index (κ2) is 7.41. The number of likely N-dealkylation sites (tertiary alicyclic amines) is 1. The first-order chi connectivity index (χ1) is 12.3. The van der Waals surface area contributed by atoms with Gasteiger partial charge in [0.25, 0.3) is 0 Å². The van der Waals surface area contributed by atoms with Crippen molar-refractivity contribution in [3.05, 3.63) is 47.9 Å². The van der Waals surface area contributed by atoms with Crippen LogP contribution in [0.25, 0.3) is 11.0 Å². The van der Waals surface area contributed by atoms with E-state index < -0.39 is 0 Å². The highest BCUT2D eigenvalue weighted by Gasteiger charge is 2.24. The third-order valence-electron chi connectivity index (χ3n) is 4.66. The van der Waals surface area contributed by atoms with Crippen molar-refractivity contribution in [2.45, 2.75) is 18.7 Å². The lowest BCUT2D eigenvalue weighted by Crippen LogP contribution is -2.21. The Labute approximate surface area is 151 Å². The Hall–Kier alpha value is -2.12. The minimum absolute atomic E-state index is 0.459. The first-order valence-corrected chi connectivity index (χ1v) is 9.72. The van der Waals surface area contributed by atoms with Crippen LogP contribution in [0, 0.1) is 5.92 Å². The smallest absolute Gasteiger partial charge is 0.152 e. The Balaban J connectivity index is 1.29. The SMILES string of the molecule is Nc1ncnc2c(CN3CC[C@@H](CSCc4ccccc4)C3)n[nH]c12. The second-order valence-corrected chi connectivity index (χ2v) is 7.57. The molecule has 0 radical (unpaired) electrons. The Bertz CT molecular complexity index is 834. The maximum atomic E-state index is 5.86. The molecule has 1 atom stereocenters. The van der Waals surface area contributed by atoms with E-state index in [1.54, 1.807) is 0 Å². The molecule has 3 aromatic rings. The van der Waals surface area contributed by atoms with E-state index >= 15 is 0 Å². The van der Waals surface area contributed by atoms with E-state index in [1.165, 1.54) is 24.1 Å². The van der Waals surface area contributed by atoms with Gasteiger partial charge in [0.2, 0.25) is 0 Å². The Kier molecular flexibility index (Phi) is 4.85. The molecular weight excluding hydrogens is 332 g/mol. The highest BCUT2D eigenvalue weighted by atomic mass is 32.2. The van der Waals surface area contributed by atoms with Crippen molar-refractivity contribution in [3.63, 3.8) is 0 Å². The van der Waals surface area contributed by atoms with E-state index in [0.29, 0.717) is 5.82 Å². The summed E-state index contributed by atoms with van der Waals surface area (Å²) in [5.74, 6) is 3.51. The fourth-order valence-electron chi connectivity index (χ4n) is 3.34. The van der Waals surface area contributed by atoms with Gasteiger partial charge in [0, 0.05) is 18.8 Å². The number of aromatic amines is 1. The molecule has 6 nitrogen and oxygen atoms in total. The zero-order chi connectivity index (χ0) is 17.1. The van der Waals surface area contributed by atoms with Crippen molar-refractivity contribution in [3.8, 4) is 0 Å². The maximum Gasteiger partial charge on any atom is 0.152 e. The van der Waals surface area contributed by atoms with E-state index in [0.717, 1.165) is 48.0 Å². The molecule has 0 unspecified atom stereocenters. The molecule has 0 bridgehead atoms. The van der Waals surface area contributed by atoms with Crippen molar-refractivity contribution in [1.29, 1.82) is 0 Å². The molecule has 2 aromatic heterocycles. The summed E-state index contributed by atoms with van der Waals surface area (Å²) in [4.78, 5) is 10.8. The van der Waals surface area contributed by atoms with Crippen molar-refractivity contribution < 1.29 is 0 Å². The van der Waals surface area contributed by atoms with E-state index in [2.05, 4.69) is 55.4 Å². The first kappa shape index (κ1) is 16.4. The van der Waals surface area contributed by atoms with Gasteiger partial charge in [0.15, 0.2) is 5.82 Å². The fraction of sp³-hybridized carbons (Fsp3) is 0.389. The fourth-order valence-corrected chi connectivity index (χ4v) is 4.49. The highest BCUT2D eigenvalue weighted by Crippen LogP contribution is 2.25. The first-order valence-electron chi connectivity index (χ1n) is 8.57. The highest BCUT2D eigenvalue weighted by molar-refractivity contribution is 7.98. The number of nitrogens with one attached hydrogen (secondary N) is 1. The Morgan fingerprint density at radius 1 is 1.24 bits per heavy atom. The van der Waals surface area contributed by atoms with Gasteiger partial charge in [-0.2, -0.15) is 16.9 Å². The predicted octanol–water partition coefficient (Wildman–Crippen LogP) is 2.69. The number of fused-ring (bicyclic) bond motifs is 1. The molecule has 0 saturated carbocycles. The zero-order valence-corrected chi connectivity index (χ0v) is 14.9. The second-order valence-electron chi connectivity index (χ2n) is 6.54. The molecule has 0 aliphatic carbocycles. The molecule has 1 fully saturated rings. The molecule has 1 aliphatic rings. The van der Waals surface area contributed by atoms with Gasteiger partial charge in [0.05, 0.1) is 0 Å². The molecule has 7 heteroatoms. The van der Waals surface area contributed by atoms with Gasteiger partial charge in [-0.05, 0) is 30.2 Å². The van der Waals surface area contributed by atoms with Crippen LogP contribution in [0.3, 0.4) is 0 Å². The summed E-state index contributed by atoms with van der Waals surface area (Å²) >= 11 is 2.03. The van der Waals surface area contributed by atoms with Gasteiger partial charge in [-0.3, -0.25) is 10.00 Å². The van der Waals surface area contributed by atoms with Crippen molar-refractivity contribution in [2.24, 2.45) is 5.92 Å². The van der Waals surface area contributed by atoms with Crippen LogP contribution in [-0.4, -0.2) is 43.9 Å². The quantitative estimate of drug-likeness (QED) is 0.708. The van der Waals surface area contributed by atoms with E-state index in [9.17, 15) is 0 Å². The topological polar surface area (TPSA) is 83.7 Å². The van der Waals surface area contributed by atoms with E-state index in [-0.39, 0.29) is 0 Å². The molecule has 1 aromatic carbocycles. The Morgan fingerprint density at radius 3 is 3.00 bits per heavy atom. The summed E-state index contributed by atoms with van der Waals surface area (Å²) in [5, 5.41) is 7.36. The number of H-pyrrole nitrogens is 1. The molecule has 3 N–H and O–H groups in total. The molecule has 1 aliphatic heterocycles. The van der Waals surface area contributed by atoms with Crippen molar-refractivity contribution in [2.75, 3.05) is 24.6 Å². The van der Waals surface area contributed by atoms with Gasteiger partial charge in [0.1, 0.15) is 23.1 Å². The maximum absolute atomic E-state index is 5.86. The number of aromatic nitrogens is 4. The van der Waals surface area contributed by atoms with Crippen LogP contribution in [0.2, 0.25) is 0 Å². The third kappa shape index (κ3) is 3.77. The van der Waals surface area contributed by atoms with Gasteiger partial charge < -0.3 is 5.73 Å². The molecule has 0 amide bonds. The number of rotatable bonds is 6. The Morgan fingerprint density at radius 2 is 2.12 bits per heavy atom. The summed E-state index contributed by atoms with van der Waals surface area (Å²) in [6.07, 6.45) is 2.75. The number of hydrogen-bond acceptors (Lipinski definition) is 6. The molecule has 3 heterocycles. The summed E-state index contributed by atoms with van der Waals surface area (Å²) in [6, 6.07) is 10.7. The van der Waals surface area contributed by atoms with Crippen LogP contribution in [0.15, 0.2) is 36.7 Å². The van der Waals surface area contributed by atoms with Crippen LogP contribution < -0.4 is 5.73 Å². The minimum atomic E-state index is 0.459. The van der Waals surface area contributed by atoms with Crippen molar-refractivity contribution in [1.82, 2.24) is 25.1 Å². The molecule has 0 spiro atoms. The third-order valence-corrected chi connectivity index (χ3v) is 5.91. The standard InChI is InChI=1S/C18H22N6S/c19-18-17-16(20-12-21-18)15(22-23-17)9-24-7-6-14(8-24)11-25-10-13-4-2-1-3-5-13/h1-5,12,14H,6-11H2,(H,22,23)(H2,19,20,21)/t14-/m1/s1. The normalized spacial score (nSPS) is 18.2.